The van der Waals surface area contributed by atoms with Crippen molar-refractivity contribution in [1.29, 1.82) is 0 Å². The maximum atomic E-state index is 12.7. The van der Waals surface area contributed by atoms with E-state index >= 15 is 0 Å². The number of nitrogens with one attached hydrogen (secondary N) is 1. The van der Waals surface area contributed by atoms with Crippen LogP contribution in [0.3, 0.4) is 0 Å². The maximum absolute atomic E-state index is 12.7. The number of carbonyl (C=O) groups excluding carboxylic acids is 1. The topological polar surface area (TPSA) is 60.0 Å². The Balaban J connectivity index is 1.30. The van der Waals surface area contributed by atoms with E-state index in [-0.39, 0.29) is 18.2 Å². The van der Waals surface area contributed by atoms with Gasteiger partial charge >= 0.3 is 6.09 Å². The lowest BCUT2D eigenvalue weighted by atomic mass is 9.86. The van der Waals surface area contributed by atoms with Gasteiger partial charge in [0, 0.05) is 24.1 Å². The largest absolute Gasteiger partial charge is 0.493 e. The second-order valence-corrected chi connectivity index (χ2v) is 8.60. The van der Waals surface area contributed by atoms with E-state index in [0.717, 1.165) is 67.1 Å². The first-order chi connectivity index (χ1) is 15.2. The minimum Gasteiger partial charge on any atom is -0.493 e. The molecule has 2 bridgehead atoms. The van der Waals surface area contributed by atoms with Crippen molar-refractivity contribution < 1.29 is 19.0 Å². The van der Waals surface area contributed by atoms with Crippen LogP contribution in [0.4, 0.5) is 4.79 Å². The van der Waals surface area contributed by atoms with Crippen molar-refractivity contribution in [1.82, 2.24) is 10.2 Å². The van der Waals surface area contributed by atoms with Crippen LogP contribution in [0, 0.1) is 5.92 Å². The quantitative estimate of drug-likeness (QED) is 0.774. The number of amides is 1. The SMILES string of the molecule is CCOc1ccccc1-c1ccc2c(c1)OCCC2NC(=O)O[C@@H]1CN2CCC1CC2. The van der Waals surface area contributed by atoms with Crippen molar-refractivity contribution in [3.63, 3.8) is 0 Å². The third-order valence-electron chi connectivity index (χ3n) is 6.70. The average molecular weight is 423 g/mol. The molecule has 0 spiro atoms. The summed E-state index contributed by atoms with van der Waals surface area (Å²) < 4.78 is 17.6. The monoisotopic (exact) mass is 422 g/mol. The fourth-order valence-electron chi connectivity index (χ4n) is 5.05. The minimum absolute atomic E-state index is 0.0132. The molecule has 6 nitrogen and oxygen atoms in total. The Bertz CT molecular complexity index is 939. The van der Waals surface area contributed by atoms with Gasteiger partial charge in [-0.25, -0.2) is 4.79 Å². The summed E-state index contributed by atoms with van der Waals surface area (Å²) in [4.78, 5) is 15.1. The lowest BCUT2D eigenvalue weighted by Gasteiger charge is -2.44. The molecule has 6 rings (SSSR count). The Labute approximate surface area is 183 Å². The number of piperidine rings is 3. The number of nitrogens with zero attached hydrogens (tertiary/aromatic N) is 1. The van der Waals surface area contributed by atoms with Gasteiger partial charge in [0.25, 0.3) is 0 Å². The molecule has 1 amide bonds. The number of hydrogen-bond acceptors (Lipinski definition) is 5. The molecule has 31 heavy (non-hydrogen) atoms. The molecule has 0 aromatic heterocycles. The van der Waals surface area contributed by atoms with Crippen molar-refractivity contribution in [2.45, 2.75) is 38.3 Å². The molecule has 1 N–H and O–H groups in total. The molecule has 6 heteroatoms. The van der Waals surface area contributed by atoms with Gasteiger partial charge in [-0.15, -0.1) is 0 Å². The van der Waals surface area contributed by atoms with E-state index in [9.17, 15) is 4.79 Å². The third-order valence-corrected chi connectivity index (χ3v) is 6.70. The third kappa shape index (κ3) is 4.22. The second kappa shape index (κ2) is 8.79. The Hall–Kier alpha value is -2.73. The lowest BCUT2D eigenvalue weighted by Crippen LogP contribution is -2.52. The van der Waals surface area contributed by atoms with Gasteiger partial charge in [-0.05, 0) is 56.5 Å². The Kier molecular flexibility index (Phi) is 5.72. The molecular weight excluding hydrogens is 392 g/mol. The van der Waals surface area contributed by atoms with Crippen molar-refractivity contribution in [3.05, 3.63) is 48.0 Å². The van der Waals surface area contributed by atoms with Gasteiger partial charge in [-0.1, -0.05) is 30.3 Å². The smallest absolute Gasteiger partial charge is 0.407 e. The van der Waals surface area contributed by atoms with E-state index in [0.29, 0.717) is 19.1 Å². The van der Waals surface area contributed by atoms with Crippen molar-refractivity contribution in [2.75, 3.05) is 32.8 Å². The highest BCUT2D eigenvalue weighted by Crippen LogP contribution is 2.38. The summed E-state index contributed by atoms with van der Waals surface area (Å²) in [6.07, 6.45) is 2.69. The second-order valence-electron chi connectivity index (χ2n) is 8.60. The number of carbonyl (C=O) groups is 1. The van der Waals surface area contributed by atoms with Gasteiger partial charge in [-0.2, -0.15) is 0 Å². The number of fused-ring (bicyclic) bond motifs is 4. The highest BCUT2D eigenvalue weighted by atomic mass is 16.6. The molecule has 3 fully saturated rings. The molecule has 4 aliphatic rings. The Morgan fingerprint density at radius 1 is 1.16 bits per heavy atom. The highest BCUT2D eigenvalue weighted by Gasteiger charge is 2.37. The van der Waals surface area contributed by atoms with Crippen LogP contribution in [-0.4, -0.2) is 49.9 Å². The summed E-state index contributed by atoms with van der Waals surface area (Å²) in [7, 11) is 0. The van der Waals surface area contributed by atoms with Crippen LogP contribution >= 0.6 is 0 Å². The van der Waals surface area contributed by atoms with E-state index in [2.05, 4.69) is 22.3 Å². The standard InChI is InChI=1S/C25H30N2O4/c1-2-29-22-6-4-3-5-19(22)18-7-8-20-21(11-14-30-23(20)15-18)26-25(28)31-24-16-27-12-9-17(24)10-13-27/h3-8,15,17,21,24H,2,9-14,16H2,1H3,(H,26,28)/t21?,24-/m1/s1. The van der Waals surface area contributed by atoms with Gasteiger partial charge in [0.15, 0.2) is 0 Å². The normalized spacial score (nSPS) is 26.5. The van der Waals surface area contributed by atoms with Gasteiger partial charge in [0.1, 0.15) is 17.6 Å². The maximum Gasteiger partial charge on any atom is 0.407 e. The van der Waals surface area contributed by atoms with Gasteiger partial charge in [-0.3, -0.25) is 4.90 Å². The van der Waals surface area contributed by atoms with Crippen LogP contribution in [-0.2, 0) is 4.74 Å². The first-order valence-electron chi connectivity index (χ1n) is 11.4. The zero-order chi connectivity index (χ0) is 21.2. The van der Waals surface area contributed by atoms with Crippen molar-refractivity contribution in [2.24, 2.45) is 5.92 Å². The molecule has 4 heterocycles. The molecule has 1 unspecified atom stereocenters. The fourth-order valence-corrected chi connectivity index (χ4v) is 5.05. The predicted molar refractivity (Wildman–Crippen MR) is 118 cm³/mol. The van der Waals surface area contributed by atoms with Gasteiger partial charge in [0.05, 0.1) is 19.3 Å². The number of rotatable bonds is 5. The summed E-state index contributed by atoms with van der Waals surface area (Å²) in [6, 6.07) is 14.1. The van der Waals surface area contributed by atoms with Gasteiger partial charge < -0.3 is 19.5 Å². The first kappa shape index (κ1) is 20.2. The zero-order valence-electron chi connectivity index (χ0n) is 18.0. The van der Waals surface area contributed by atoms with E-state index in [1.807, 2.05) is 37.3 Å². The van der Waals surface area contributed by atoms with E-state index < -0.39 is 0 Å². The number of para-hydroxylation sites is 1. The molecule has 0 radical (unpaired) electrons. The van der Waals surface area contributed by atoms with Crippen molar-refractivity contribution >= 4 is 6.09 Å². The number of ether oxygens (including phenoxy) is 3. The zero-order valence-corrected chi connectivity index (χ0v) is 18.0. The molecule has 2 aromatic rings. The average Bonchev–Trinajstić information content (AvgIpc) is 2.80. The van der Waals surface area contributed by atoms with Crippen LogP contribution in [0.25, 0.3) is 11.1 Å². The molecule has 2 aromatic carbocycles. The molecule has 3 saturated heterocycles. The molecule has 4 aliphatic heterocycles. The fraction of sp³-hybridized carbons (Fsp3) is 0.480. The summed E-state index contributed by atoms with van der Waals surface area (Å²) in [5.74, 6) is 2.17. The highest BCUT2D eigenvalue weighted by molar-refractivity contribution is 5.73. The van der Waals surface area contributed by atoms with Crippen LogP contribution in [0.5, 0.6) is 11.5 Å². The molecule has 0 saturated carbocycles. The van der Waals surface area contributed by atoms with E-state index in [4.69, 9.17) is 14.2 Å². The Morgan fingerprint density at radius 3 is 2.77 bits per heavy atom. The molecule has 2 atom stereocenters. The predicted octanol–water partition coefficient (Wildman–Crippen LogP) is 4.40. The lowest BCUT2D eigenvalue weighted by molar-refractivity contribution is -0.0342. The summed E-state index contributed by atoms with van der Waals surface area (Å²) in [6.45, 7) is 6.30. The summed E-state index contributed by atoms with van der Waals surface area (Å²) in [5, 5.41) is 3.09. The molecule has 164 valence electrons. The van der Waals surface area contributed by atoms with E-state index in [1.165, 1.54) is 0 Å². The first-order valence-corrected chi connectivity index (χ1v) is 11.4. The van der Waals surface area contributed by atoms with Gasteiger partial charge in [0.2, 0.25) is 0 Å². The van der Waals surface area contributed by atoms with E-state index in [1.54, 1.807) is 0 Å². The number of alkyl carbamates (subject to hydrolysis) is 1. The summed E-state index contributed by atoms with van der Waals surface area (Å²) in [5.41, 5.74) is 3.07. The van der Waals surface area contributed by atoms with Crippen LogP contribution in [0.1, 0.15) is 37.8 Å². The number of benzene rings is 2. The van der Waals surface area contributed by atoms with Crippen LogP contribution in [0.15, 0.2) is 42.5 Å². The molecule has 0 aliphatic carbocycles. The van der Waals surface area contributed by atoms with Crippen molar-refractivity contribution in [3.8, 4) is 22.6 Å². The molecular formula is C25H30N2O4. The van der Waals surface area contributed by atoms with Crippen LogP contribution < -0.4 is 14.8 Å². The minimum atomic E-state index is -0.317. The Morgan fingerprint density at radius 2 is 2.00 bits per heavy atom. The number of hydrogen-bond donors (Lipinski definition) is 1. The summed E-state index contributed by atoms with van der Waals surface area (Å²) >= 11 is 0. The van der Waals surface area contributed by atoms with Crippen LogP contribution in [0.2, 0.25) is 0 Å².